The third kappa shape index (κ3) is 3.23. The van der Waals surface area contributed by atoms with E-state index in [1.165, 1.54) is 42.8 Å². The Balaban J connectivity index is 1.75. The van der Waals surface area contributed by atoms with Crippen molar-refractivity contribution in [3.63, 3.8) is 0 Å². The molecular formula is C30H21Sb. The molecule has 146 valence electrons. The van der Waals surface area contributed by atoms with Crippen LogP contribution in [0.25, 0.3) is 32.3 Å². The summed E-state index contributed by atoms with van der Waals surface area (Å²) in [6.07, 6.45) is 0. The van der Waals surface area contributed by atoms with Crippen molar-refractivity contribution in [3.8, 4) is 0 Å². The van der Waals surface area contributed by atoms with Crippen LogP contribution in [0.4, 0.5) is 0 Å². The SMILES string of the molecule is c1ccc2[c]([Sb]([c]3cccc4ccccc34)[c]3cccc4ccccc34)cccc2c1. The minimum absolute atomic E-state index is 1.33. The predicted molar refractivity (Wildman–Crippen MR) is 136 cm³/mol. The molecule has 0 fully saturated rings. The summed E-state index contributed by atoms with van der Waals surface area (Å²) in [6.45, 7) is 0. The molecule has 0 amide bonds. The van der Waals surface area contributed by atoms with Crippen LogP contribution in [-0.2, 0) is 0 Å². The second-order valence-electron chi connectivity index (χ2n) is 7.83. The van der Waals surface area contributed by atoms with Crippen LogP contribution >= 0.6 is 0 Å². The normalized spacial score (nSPS) is 11.5. The molecule has 0 nitrogen and oxygen atoms in total. The average Bonchev–Trinajstić information content (AvgIpc) is 2.85. The minimum atomic E-state index is -2.37. The molecule has 1 heteroatoms. The Labute approximate surface area is 189 Å². The van der Waals surface area contributed by atoms with Crippen LogP contribution in [0.5, 0.6) is 0 Å². The van der Waals surface area contributed by atoms with Gasteiger partial charge < -0.3 is 0 Å². The molecule has 0 saturated carbocycles. The number of hydrogen-bond acceptors (Lipinski definition) is 0. The van der Waals surface area contributed by atoms with Gasteiger partial charge >= 0.3 is 190 Å². The molecule has 0 unspecified atom stereocenters. The van der Waals surface area contributed by atoms with E-state index in [2.05, 4.69) is 127 Å². The van der Waals surface area contributed by atoms with Gasteiger partial charge in [0.25, 0.3) is 0 Å². The van der Waals surface area contributed by atoms with Crippen molar-refractivity contribution in [2.45, 2.75) is 0 Å². The quantitative estimate of drug-likeness (QED) is 0.274. The standard InChI is InChI=1S/3C10H7.Sb/c3*1-2-6-10-8-4-3-7-9(10)5-1;/h3*1-7H;. The fraction of sp³-hybridized carbons (Fsp3) is 0. The van der Waals surface area contributed by atoms with Crippen LogP contribution in [0.3, 0.4) is 0 Å². The van der Waals surface area contributed by atoms with E-state index in [4.69, 9.17) is 0 Å². The van der Waals surface area contributed by atoms with Crippen molar-refractivity contribution in [1.82, 2.24) is 0 Å². The molecule has 6 rings (SSSR count). The molecule has 6 aromatic rings. The molecule has 31 heavy (non-hydrogen) atoms. The molecular weight excluding hydrogens is 482 g/mol. The Morgan fingerprint density at radius 2 is 0.581 bits per heavy atom. The summed E-state index contributed by atoms with van der Waals surface area (Å²) in [5.41, 5.74) is 0. The van der Waals surface area contributed by atoms with Crippen molar-refractivity contribution < 1.29 is 0 Å². The zero-order chi connectivity index (χ0) is 20.6. The molecule has 0 aliphatic carbocycles. The molecule has 0 spiro atoms. The first-order chi connectivity index (χ1) is 15.4. The van der Waals surface area contributed by atoms with Gasteiger partial charge in [-0.15, -0.1) is 0 Å². The van der Waals surface area contributed by atoms with E-state index < -0.39 is 20.2 Å². The van der Waals surface area contributed by atoms with Crippen LogP contribution in [0.2, 0.25) is 0 Å². The molecule has 6 aromatic carbocycles. The van der Waals surface area contributed by atoms with Crippen molar-refractivity contribution in [1.29, 1.82) is 0 Å². The van der Waals surface area contributed by atoms with Gasteiger partial charge in [0, 0.05) is 0 Å². The summed E-state index contributed by atoms with van der Waals surface area (Å²) in [5, 5.41) is 8.18. The van der Waals surface area contributed by atoms with Crippen LogP contribution < -0.4 is 10.5 Å². The summed E-state index contributed by atoms with van der Waals surface area (Å²) in [5.74, 6) is 0. The van der Waals surface area contributed by atoms with E-state index in [-0.39, 0.29) is 0 Å². The maximum absolute atomic E-state index is 2.38. The fourth-order valence-electron chi connectivity index (χ4n) is 4.60. The van der Waals surface area contributed by atoms with Gasteiger partial charge in [0.15, 0.2) is 0 Å². The van der Waals surface area contributed by atoms with Gasteiger partial charge in [0.1, 0.15) is 0 Å². The van der Waals surface area contributed by atoms with Gasteiger partial charge in [0.2, 0.25) is 0 Å². The summed E-state index contributed by atoms with van der Waals surface area (Å²) in [4.78, 5) is 0. The van der Waals surface area contributed by atoms with Crippen LogP contribution in [-0.4, -0.2) is 20.2 Å². The van der Waals surface area contributed by atoms with E-state index in [1.807, 2.05) is 0 Å². The third-order valence-corrected chi connectivity index (χ3v) is 13.5. The van der Waals surface area contributed by atoms with Crippen molar-refractivity contribution in [3.05, 3.63) is 127 Å². The fourth-order valence-corrected chi connectivity index (χ4v) is 12.6. The molecule has 0 bridgehead atoms. The topological polar surface area (TPSA) is 0 Å². The monoisotopic (exact) mass is 502 g/mol. The third-order valence-electron chi connectivity index (χ3n) is 6.02. The number of rotatable bonds is 3. The maximum atomic E-state index is 2.38. The summed E-state index contributed by atoms with van der Waals surface area (Å²) in [7, 11) is 0. The zero-order valence-electron chi connectivity index (χ0n) is 17.1. The van der Waals surface area contributed by atoms with Gasteiger partial charge in [0.05, 0.1) is 0 Å². The molecule has 0 aromatic heterocycles. The molecule has 0 heterocycles. The van der Waals surface area contributed by atoms with Gasteiger partial charge in [-0.25, -0.2) is 0 Å². The Morgan fingerprint density at radius 3 is 0.935 bits per heavy atom. The average molecular weight is 503 g/mol. The summed E-state index contributed by atoms with van der Waals surface area (Å²) in [6, 6.07) is 47.2. The second-order valence-corrected chi connectivity index (χ2v) is 13.9. The van der Waals surface area contributed by atoms with E-state index in [0.29, 0.717) is 0 Å². The Bertz CT molecular complexity index is 1340. The molecule has 0 radical (unpaired) electrons. The van der Waals surface area contributed by atoms with E-state index >= 15 is 0 Å². The molecule has 0 N–H and O–H groups in total. The van der Waals surface area contributed by atoms with Crippen molar-refractivity contribution in [2.75, 3.05) is 0 Å². The first kappa shape index (κ1) is 18.7. The van der Waals surface area contributed by atoms with E-state index in [0.717, 1.165) is 0 Å². The Hall–Kier alpha value is -3.08. The van der Waals surface area contributed by atoms with Gasteiger partial charge in [-0.05, 0) is 0 Å². The molecule has 0 atom stereocenters. The van der Waals surface area contributed by atoms with Crippen LogP contribution in [0.1, 0.15) is 0 Å². The summed E-state index contributed by atoms with van der Waals surface area (Å²) >= 11 is -2.37. The Morgan fingerprint density at radius 1 is 0.290 bits per heavy atom. The first-order valence-electron chi connectivity index (χ1n) is 10.6. The molecule has 0 aliphatic heterocycles. The predicted octanol–water partition coefficient (Wildman–Crippen LogP) is 5.66. The van der Waals surface area contributed by atoms with E-state index in [1.54, 1.807) is 0 Å². The second kappa shape index (κ2) is 7.88. The van der Waals surface area contributed by atoms with Crippen molar-refractivity contribution >= 4 is 63.1 Å². The van der Waals surface area contributed by atoms with Crippen LogP contribution in [0, 0.1) is 0 Å². The number of benzene rings is 6. The zero-order valence-corrected chi connectivity index (χ0v) is 19.6. The number of fused-ring (bicyclic) bond motifs is 3. The summed E-state index contributed by atoms with van der Waals surface area (Å²) < 4.78 is 4.61. The van der Waals surface area contributed by atoms with Gasteiger partial charge in [-0.3, -0.25) is 0 Å². The first-order valence-corrected chi connectivity index (χ1v) is 14.5. The Kier molecular flexibility index (Phi) is 4.74. The van der Waals surface area contributed by atoms with Crippen molar-refractivity contribution in [2.24, 2.45) is 0 Å². The van der Waals surface area contributed by atoms with Gasteiger partial charge in [-0.2, -0.15) is 0 Å². The van der Waals surface area contributed by atoms with Gasteiger partial charge in [-0.1, -0.05) is 0 Å². The number of hydrogen-bond donors (Lipinski definition) is 0. The van der Waals surface area contributed by atoms with Crippen LogP contribution in [0.15, 0.2) is 127 Å². The van der Waals surface area contributed by atoms with E-state index in [9.17, 15) is 0 Å². The molecule has 0 aliphatic rings. The molecule has 0 saturated heterocycles.